The third-order valence-electron chi connectivity index (χ3n) is 2.99. The van der Waals surface area contributed by atoms with E-state index in [1.54, 1.807) is 7.11 Å². The van der Waals surface area contributed by atoms with Gasteiger partial charge in [-0.05, 0) is 18.6 Å². The van der Waals surface area contributed by atoms with Gasteiger partial charge in [0.25, 0.3) is 0 Å². The molecule has 0 unspecified atom stereocenters. The van der Waals surface area contributed by atoms with Crippen LogP contribution in [0.4, 0.5) is 5.69 Å². The molecule has 0 saturated heterocycles. The van der Waals surface area contributed by atoms with Gasteiger partial charge in [-0.3, -0.25) is 0 Å². The second kappa shape index (κ2) is 6.86. The number of aryl methyl sites for hydroxylation is 1. The molecule has 0 amide bonds. The molecular weight excluding hydrogens is 252 g/mol. The van der Waals surface area contributed by atoms with Crippen molar-refractivity contribution in [1.29, 1.82) is 0 Å². The molecule has 0 bridgehead atoms. The summed E-state index contributed by atoms with van der Waals surface area (Å²) in [6, 6.07) is 7.75. The summed E-state index contributed by atoms with van der Waals surface area (Å²) in [7, 11) is 1.65. The SMILES string of the molecule is CCc1nc(-c2cccc(OC)c2)ncc1NCCN. The summed E-state index contributed by atoms with van der Waals surface area (Å²) < 4.78 is 5.23. The van der Waals surface area contributed by atoms with E-state index in [1.165, 1.54) is 0 Å². The van der Waals surface area contributed by atoms with Gasteiger partial charge >= 0.3 is 0 Å². The van der Waals surface area contributed by atoms with Crippen LogP contribution in [-0.2, 0) is 6.42 Å². The molecule has 3 N–H and O–H groups in total. The zero-order valence-corrected chi connectivity index (χ0v) is 11.9. The highest BCUT2D eigenvalue weighted by atomic mass is 16.5. The molecule has 0 aliphatic heterocycles. The number of hydrogen-bond acceptors (Lipinski definition) is 5. The molecule has 5 heteroatoms. The molecule has 1 heterocycles. The fourth-order valence-electron chi connectivity index (χ4n) is 1.94. The van der Waals surface area contributed by atoms with Gasteiger partial charge in [0.05, 0.1) is 24.7 Å². The Labute approximate surface area is 119 Å². The Bertz CT molecular complexity index is 572. The lowest BCUT2D eigenvalue weighted by molar-refractivity contribution is 0.415. The van der Waals surface area contributed by atoms with Crippen molar-refractivity contribution in [1.82, 2.24) is 9.97 Å². The number of methoxy groups -OCH3 is 1. The van der Waals surface area contributed by atoms with Crippen LogP contribution in [0.1, 0.15) is 12.6 Å². The first-order chi connectivity index (χ1) is 9.78. The topological polar surface area (TPSA) is 73.1 Å². The highest BCUT2D eigenvalue weighted by Crippen LogP contribution is 2.23. The minimum absolute atomic E-state index is 0.584. The van der Waals surface area contributed by atoms with Gasteiger partial charge in [-0.2, -0.15) is 0 Å². The van der Waals surface area contributed by atoms with Crippen molar-refractivity contribution in [3.05, 3.63) is 36.2 Å². The molecule has 0 radical (unpaired) electrons. The van der Waals surface area contributed by atoms with Crippen LogP contribution < -0.4 is 15.8 Å². The maximum atomic E-state index is 5.50. The Morgan fingerprint density at radius 3 is 2.90 bits per heavy atom. The molecule has 0 fully saturated rings. The molecule has 106 valence electrons. The monoisotopic (exact) mass is 272 g/mol. The van der Waals surface area contributed by atoms with E-state index in [9.17, 15) is 0 Å². The molecule has 0 saturated carbocycles. The van der Waals surface area contributed by atoms with Gasteiger partial charge in [-0.25, -0.2) is 9.97 Å². The zero-order valence-electron chi connectivity index (χ0n) is 11.9. The summed E-state index contributed by atoms with van der Waals surface area (Å²) in [5, 5.41) is 3.24. The predicted molar refractivity (Wildman–Crippen MR) is 80.9 cm³/mol. The lowest BCUT2D eigenvalue weighted by atomic mass is 10.2. The summed E-state index contributed by atoms with van der Waals surface area (Å²) in [5.74, 6) is 1.51. The van der Waals surface area contributed by atoms with Crippen molar-refractivity contribution in [3.8, 4) is 17.1 Å². The third kappa shape index (κ3) is 3.24. The van der Waals surface area contributed by atoms with Crippen molar-refractivity contribution in [2.75, 3.05) is 25.5 Å². The van der Waals surface area contributed by atoms with E-state index >= 15 is 0 Å². The number of ether oxygens (including phenoxy) is 1. The lowest BCUT2D eigenvalue weighted by Gasteiger charge is -2.11. The number of aromatic nitrogens is 2. The van der Waals surface area contributed by atoms with Gasteiger partial charge in [-0.1, -0.05) is 19.1 Å². The number of rotatable bonds is 6. The molecule has 2 rings (SSSR count). The summed E-state index contributed by atoms with van der Waals surface area (Å²) in [6.45, 7) is 3.38. The third-order valence-corrected chi connectivity index (χ3v) is 2.99. The van der Waals surface area contributed by atoms with Crippen LogP contribution in [0, 0.1) is 0 Å². The summed E-state index contributed by atoms with van der Waals surface area (Å²) in [6.07, 6.45) is 2.66. The van der Waals surface area contributed by atoms with Crippen LogP contribution >= 0.6 is 0 Å². The molecule has 0 atom stereocenters. The van der Waals surface area contributed by atoms with Crippen LogP contribution in [0.3, 0.4) is 0 Å². The minimum atomic E-state index is 0.584. The number of hydrogen-bond donors (Lipinski definition) is 2. The fraction of sp³-hybridized carbons (Fsp3) is 0.333. The standard InChI is InChI=1S/C15H20N4O/c1-3-13-14(17-8-7-16)10-18-15(19-13)11-5-4-6-12(9-11)20-2/h4-6,9-10,17H,3,7-8,16H2,1-2H3. The Morgan fingerprint density at radius 1 is 1.35 bits per heavy atom. The fourth-order valence-corrected chi connectivity index (χ4v) is 1.94. The van der Waals surface area contributed by atoms with Gasteiger partial charge in [-0.15, -0.1) is 0 Å². The number of nitrogens with two attached hydrogens (primary N) is 1. The van der Waals surface area contributed by atoms with E-state index in [2.05, 4.69) is 22.2 Å². The quantitative estimate of drug-likeness (QED) is 0.842. The van der Waals surface area contributed by atoms with E-state index in [0.29, 0.717) is 12.4 Å². The average Bonchev–Trinajstić information content (AvgIpc) is 2.52. The highest BCUT2D eigenvalue weighted by Gasteiger charge is 2.08. The van der Waals surface area contributed by atoms with Gasteiger partial charge in [0.2, 0.25) is 0 Å². The summed E-state index contributed by atoms with van der Waals surface area (Å²) in [5.41, 5.74) is 8.39. The van der Waals surface area contributed by atoms with E-state index in [-0.39, 0.29) is 0 Å². The molecule has 0 aliphatic rings. The van der Waals surface area contributed by atoms with E-state index in [0.717, 1.165) is 35.7 Å². The van der Waals surface area contributed by atoms with E-state index in [1.807, 2.05) is 30.5 Å². The predicted octanol–water partition coefficient (Wildman–Crippen LogP) is 2.09. The molecule has 1 aromatic carbocycles. The summed E-state index contributed by atoms with van der Waals surface area (Å²) >= 11 is 0. The number of anilines is 1. The molecule has 2 aromatic rings. The van der Waals surface area contributed by atoms with Crippen LogP contribution in [0.5, 0.6) is 5.75 Å². The normalized spacial score (nSPS) is 10.3. The maximum Gasteiger partial charge on any atom is 0.159 e. The molecule has 5 nitrogen and oxygen atoms in total. The van der Waals surface area contributed by atoms with Crippen LogP contribution in [-0.4, -0.2) is 30.2 Å². The van der Waals surface area contributed by atoms with Gasteiger partial charge in [0, 0.05) is 18.7 Å². The van der Waals surface area contributed by atoms with Crippen molar-refractivity contribution in [2.45, 2.75) is 13.3 Å². The maximum absolute atomic E-state index is 5.50. The molecule has 1 aromatic heterocycles. The van der Waals surface area contributed by atoms with Gasteiger partial charge in [0.1, 0.15) is 5.75 Å². The second-order valence-electron chi connectivity index (χ2n) is 4.35. The van der Waals surface area contributed by atoms with Crippen molar-refractivity contribution < 1.29 is 4.74 Å². The number of nitrogens with zero attached hydrogens (tertiary/aromatic N) is 2. The van der Waals surface area contributed by atoms with E-state index in [4.69, 9.17) is 10.5 Å². The van der Waals surface area contributed by atoms with Crippen molar-refractivity contribution >= 4 is 5.69 Å². The van der Waals surface area contributed by atoms with Gasteiger partial charge < -0.3 is 15.8 Å². The average molecular weight is 272 g/mol. The van der Waals surface area contributed by atoms with E-state index < -0.39 is 0 Å². The number of benzene rings is 1. The first kappa shape index (κ1) is 14.3. The molecule has 0 aliphatic carbocycles. The molecular formula is C15H20N4O. The highest BCUT2D eigenvalue weighted by molar-refractivity contribution is 5.60. The molecule has 20 heavy (non-hydrogen) atoms. The number of nitrogens with one attached hydrogen (secondary N) is 1. The van der Waals surface area contributed by atoms with Crippen molar-refractivity contribution in [3.63, 3.8) is 0 Å². The first-order valence-electron chi connectivity index (χ1n) is 6.72. The summed E-state index contributed by atoms with van der Waals surface area (Å²) in [4.78, 5) is 9.04. The smallest absolute Gasteiger partial charge is 0.159 e. The second-order valence-corrected chi connectivity index (χ2v) is 4.35. The van der Waals surface area contributed by atoms with Crippen LogP contribution in [0.15, 0.2) is 30.5 Å². The molecule has 0 spiro atoms. The Hall–Kier alpha value is -2.14. The van der Waals surface area contributed by atoms with Crippen molar-refractivity contribution in [2.24, 2.45) is 5.73 Å². The Balaban J connectivity index is 2.32. The first-order valence-corrected chi connectivity index (χ1v) is 6.72. The van der Waals surface area contributed by atoms with Gasteiger partial charge in [0.15, 0.2) is 5.82 Å². The van der Waals surface area contributed by atoms with Crippen LogP contribution in [0.2, 0.25) is 0 Å². The lowest BCUT2D eigenvalue weighted by Crippen LogP contribution is -2.15. The largest absolute Gasteiger partial charge is 0.497 e. The Morgan fingerprint density at radius 2 is 2.20 bits per heavy atom. The minimum Gasteiger partial charge on any atom is -0.497 e. The Kier molecular flexibility index (Phi) is 4.90. The van der Waals surface area contributed by atoms with Crippen LogP contribution in [0.25, 0.3) is 11.4 Å². The zero-order chi connectivity index (χ0) is 14.4.